The van der Waals surface area contributed by atoms with E-state index in [2.05, 4.69) is 15.2 Å². The van der Waals surface area contributed by atoms with Gasteiger partial charge in [-0.1, -0.05) is 35.3 Å². The van der Waals surface area contributed by atoms with Crippen molar-refractivity contribution in [3.63, 3.8) is 0 Å². The quantitative estimate of drug-likeness (QED) is 0.346. The number of halogens is 2. The van der Waals surface area contributed by atoms with Crippen molar-refractivity contribution >= 4 is 40.4 Å². The molecule has 1 aliphatic rings. The molecule has 156 valence electrons. The molecule has 0 spiro atoms. The summed E-state index contributed by atoms with van der Waals surface area (Å²) in [6.07, 6.45) is 1.91. The maximum absolute atomic E-state index is 13.2. The maximum Gasteiger partial charge on any atom is 0.274 e. The zero-order valence-corrected chi connectivity index (χ0v) is 18.5. The largest absolute Gasteiger partial charge is 0.419 e. The monoisotopic (exact) mass is 470 g/mol. The third-order valence-electron chi connectivity index (χ3n) is 4.93. The summed E-state index contributed by atoms with van der Waals surface area (Å²) in [5.74, 6) is 0.650. The molecule has 0 saturated heterocycles. The predicted molar refractivity (Wildman–Crippen MR) is 120 cm³/mol. The number of aromatic nitrogens is 3. The predicted octanol–water partition coefficient (Wildman–Crippen LogP) is 5.97. The first-order chi connectivity index (χ1) is 15.1. The van der Waals surface area contributed by atoms with E-state index < -0.39 is 0 Å². The number of thiazole rings is 1. The number of amides is 1. The fourth-order valence-corrected chi connectivity index (χ4v) is 4.22. The van der Waals surface area contributed by atoms with Gasteiger partial charge in [-0.2, -0.15) is 0 Å². The Morgan fingerprint density at radius 2 is 1.65 bits per heavy atom. The molecule has 0 unspecified atom stereocenters. The van der Waals surface area contributed by atoms with Gasteiger partial charge >= 0.3 is 0 Å². The lowest BCUT2D eigenvalue weighted by atomic mass is 10.2. The normalized spacial score (nSPS) is 13.4. The fraction of sp³-hybridized carbons (Fsp3) is 0.182. The summed E-state index contributed by atoms with van der Waals surface area (Å²) in [6.45, 7) is 0.248. The van der Waals surface area contributed by atoms with Crippen molar-refractivity contribution in [2.24, 2.45) is 0 Å². The van der Waals surface area contributed by atoms with Crippen LogP contribution in [0.15, 0.2) is 58.3 Å². The first-order valence-corrected chi connectivity index (χ1v) is 11.3. The Morgan fingerprint density at radius 1 is 1.00 bits per heavy atom. The topological polar surface area (TPSA) is 72.1 Å². The van der Waals surface area contributed by atoms with Gasteiger partial charge in [0, 0.05) is 32.6 Å². The van der Waals surface area contributed by atoms with Crippen LogP contribution in [0.5, 0.6) is 0 Å². The Bertz CT molecular complexity index is 1220. The molecule has 0 bridgehead atoms. The molecular formula is C22H16Cl2N4O2S. The molecule has 31 heavy (non-hydrogen) atoms. The average Bonchev–Trinajstić information content (AvgIpc) is 3.31. The van der Waals surface area contributed by atoms with Crippen molar-refractivity contribution < 1.29 is 9.21 Å². The summed E-state index contributed by atoms with van der Waals surface area (Å²) >= 11 is 13.3. The van der Waals surface area contributed by atoms with Gasteiger partial charge in [-0.25, -0.2) is 4.98 Å². The van der Waals surface area contributed by atoms with Crippen LogP contribution in [0.25, 0.3) is 22.0 Å². The van der Waals surface area contributed by atoms with Crippen molar-refractivity contribution in [3.8, 4) is 22.0 Å². The molecule has 4 aromatic rings. The van der Waals surface area contributed by atoms with Crippen molar-refractivity contribution in [2.45, 2.75) is 25.4 Å². The number of nitrogens with zero attached hydrogens (tertiary/aromatic N) is 4. The van der Waals surface area contributed by atoms with E-state index in [0.29, 0.717) is 27.5 Å². The smallest absolute Gasteiger partial charge is 0.274 e. The van der Waals surface area contributed by atoms with E-state index in [4.69, 9.17) is 27.6 Å². The number of hydrogen-bond donors (Lipinski definition) is 0. The maximum atomic E-state index is 13.2. The van der Waals surface area contributed by atoms with Gasteiger partial charge in [0.1, 0.15) is 10.7 Å². The molecule has 0 N–H and O–H groups in total. The molecule has 0 radical (unpaired) electrons. The zero-order chi connectivity index (χ0) is 21.4. The lowest BCUT2D eigenvalue weighted by Crippen LogP contribution is -2.33. The van der Waals surface area contributed by atoms with Gasteiger partial charge in [-0.3, -0.25) is 4.79 Å². The Kier molecular flexibility index (Phi) is 5.48. The van der Waals surface area contributed by atoms with Crippen LogP contribution in [0, 0.1) is 0 Å². The minimum Gasteiger partial charge on any atom is -0.419 e. The van der Waals surface area contributed by atoms with Crippen LogP contribution in [0.2, 0.25) is 10.0 Å². The van der Waals surface area contributed by atoms with Crippen molar-refractivity contribution in [1.82, 2.24) is 20.1 Å². The van der Waals surface area contributed by atoms with Crippen LogP contribution in [0.3, 0.4) is 0 Å². The minimum atomic E-state index is -0.134. The fourth-order valence-electron chi connectivity index (χ4n) is 3.17. The highest BCUT2D eigenvalue weighted by atomic mass is 35.5. The molecule has 2 aromatic carbocycles. The molecule has 2 heterocycles. The third kappa shape index (κ3) is 4.49. The van der Waals surface area contributed by atoms with Crippen LogP contribution < -0.4 is 0 Å². The summed E-state index contributed by atoms with van der Waals surface area (Å²) in [6, 6.07) is 14.7. The van der Waals surface area contributed by atoms with Crippen molar-refractivity contribution in [3.05, 3.63) is 75.5 Å². The van der Waals surface area contributed by atoms with Crippen molar-refractivity contribution in [1.29, 1.82) is 0 Å². The second kappa shape index (κ2) is 8.42. The summed E-state index contributed by atoms with van der Waals surface area (Å²) in [7, 11) is 0. The number of carbonyl (C=O) groups is 1. The molecule has 0 aliphatic heterocycles. The van der Waals surface area contributed by atoms with E-state index in [9.17, 15) is 4.79 Å². The minimum absolute atomic E-state index is 0.134. The third-order valence-corrected chi connectivity index (χ3v) is 6.32. The van der Waals surface area contributed by atoms with E-state index >= 15 is 0 Å². The standard InChI is InChI=1S/C22H16Cl2N4O2S/c23-15-5-1-13(2-6-15)20-27-26-19(30-20)11-28(17-9-10-17)22(29)18-12-31-21(25-18)14-3-7-16(24)8-4-14/h1-8,12,17H,9-11H2. The van der Waals surface area contributed by atoms with Crippen LogP contribution in [0.4, 0.5) is 0 Å². The van der Waals surface area contributed by atoms with Gasteiger partial charge in [0.05, 0.1) is 6.54 Å². The second-order valence-electron chi connectivity index (χ2n) is 7.22. The summed E-state index contributed by atoms with van der Waals surface area (Å²) in [5.41, 5.74) is 2.12. The number of carbonyl (C=O) groups excluding carboxylic acids is 1. The molecule has 5 rings (SSSR count). The first kappa shape index (κ1) is 20.2. The van der Waals surface area contributed by atoms with Crippen LogP contribution in [-0.2, 0) is 6.54 Å². The van der Waals surface area contributed by atoms with Gasteiger partial charge in [0.25, 0.3) is 5.91 Å². The Hall–Kier alpha value is -2.74. The van der Waals surface area contributed by atoms with Crippen LogP contribution in [-0.4, -0.2) is 32.0 Å². The highest BCUT2D eigenvalue weighted by Crippen LogP contribution is 2.32. The van der Waals surface area contributed by atoms with Gasteiger partial charge in [-0.15, -0.1) is 21.5 Å². The molecule has 2 aromatic heterocycles. The zero-order valence-electron chi connectivity index (χ0n) is 16.2. The Labute approximate surface area is 192 Å². The van der Waals surface area contributed by atoms with Crippen LogP contribution >= 0.6 is 34.5 Å². The Balaban J connectivity index is 1.34. The van der Waals surface area contributed by atoms with Crippen LogP contribution in [0.1, 0.15) is 29.2 Å². The summed E-state index contributed by atoms with van der Waals surface area (Å²) in [5, 5.41) is 12.1. The van der Waals surface area contributed by atoms with Gasteiger partial charge in [0.15, 0.2) is 0 Å². The molecule has 6 nitrogen and oxygen atoms in total. The average molecular weight is 471 g/mol. The van der Waals surface area contributed by atoms with Gasteiger partial charge in [-0.05, 0) is 49.2 Å². The Morgan fingerprint density at radius 3 is 2.29 bits per heavy atom. The van der Waals surface area contributed by atoms with E-state index in [1.165, 1.54) is 11.3 Å². The van der Waals surface area contributed by atoms with E-state index in [1.54, 1.807) is 22.4 Å². The molecule has 1 aliphatic carbocycles. The highest BCUT2D eigenvalue weighted by Gasteiger charge is 2.35. The number of benzene rings is 2. The number of hydrogen-bond acceptors (Lipinski definition) is 6. The second-order valence-corrected chi connectivity index (χ2v) is 8.95. The lowest BCUT2D eigenvalue weighted by molar-refractivity contribution is 0.0709. The van der Waals surface area contributed by atoms with Gasteiger partial charge < -0.3 is 9.32 Å². The van der Waals surface area contributed by atoms with Crippen molar-refractivity contribution in [2.75, 3.05) is 0 Å². The first-order valence-electron chi connectivity index (χ1n) is 9.67. The molecule has 1 saturated carbocycles. The van der Waals surface area contributed by atoms with E-state index in [-0.39, 0.29) is 18.5 Å². The lowest BCUT2D eigenvalue weighted by Gasteiger charge is -2.19. The highest BCUT2D eigenvalue weighted by molar-refractivity contribution is 7.13. The molecule has 1 amide bonds. The molecule has 0 atom stereocenters. The van der Waals surface area contributed by atoms with Gasteiger partial charge in [0.2, 0.25) is 11.8 Å². The number of rotatable bonds is 6. The SMILES string of the molecule is O=C(c1csc(-c2ccc(Cl)cc2)n1)N(Cc1nnc(-c2ccc(Cl)cc2)o1)C1CC1. The molecule has 1 fully saturated rings. The molecular weight excluding hydrogens is 455 g/mol. The van der Waals surface area contributed by atoms with E-state index in [0.717, 1.165) is 29.0 Å². The molecule has 9 heteroatoms. The summed E-state index contributed by atoms with van der Waals surface area (Å²) < 4.78 is 5.80. The van der Waals surface area contributed by atoms with E-state index in [1.807, 2.05) is 36.4 Å². The summed E-state index contributed by atoms with van der Waals surface area (Å²) in [4.78, 5) is 19.5.